The highest BCUT2D eigenvalue weighted by atomic mass is 15.2. The second-order valence-electron chi connectivity index (χ2n) is 5.99. The van der Waals surface area contributed by atoms with Crippen molar-refractivity contribution in [3.8, 4) is 6.07 Å². The van der Waals surface area contributed by atoms with E-state index in [1.54, 1.807) is 0 Å². The Labute approximate surface area is 113 Å². The fourth-order valence-electron chi connectivity index (χ4n) is 3.18. The lowest BCUT2D eigenvalue weighted by atomic mass is 9.77. The fourth-order valence-corrected chi connectivity index (χ4v) is 3.18. The smallest absolute Gasteiger partial charge is 0.0672 e. The Hall–Kier alpha value is -0.550. The fraction of sp³-hybridized carbons (Fsp3) is 0.938. The maximum Gasteiger partial charge on any atom is 0.0672 e. The van der Waals surface area contributed by atoms with Crippen molar-refractivity contribution in [3.05, 3.63) is 0 Å². The first-order chi connectivity index (χ1) is 8.65. The molecule has 0 aliphatic heterocycles. The van der Waals surface area contributed by atoms with Crippen LogP contribution in [0.25, 0.3) is 0 Å². The first-order valence-electron chi connectivity index (χ1n) is 7.79. The van der Waals surface area contributed by atoms with E-state index in [1.807, 2.05) is 0 Å². The van der Waals surface area contributed by atoms with Crippen LogP contribution in [0, 0.1) is 29.1 Å². The van der Waals surface area contributed by atoms with Crippen LogP contribution < -0.4 is 0 Å². The molecule has 104 valence electrons. The average molecular weight is 250 g/mol. The van der Waals surface area contributed by atoms with Gasteiger partial charge in [-0.3, -0.25) is 4.90 Å². The second kappa shape index (κ2) is 7.79. The van der Waals surface area contributed by atoms with Crippen LogP contribution in [-0.2, 0) is 0 Å². The van der Waals surface area contributed by atoms with Crippen molar-refractivity contribution >= 4 is 0 Å². The number of rotatable bonds is 6. The Morgan fingerprint density at radius 3 is 2.50 bits per heavy atom. The Morgan fingerprint density at radius 2 is 2.00 bits per heavy atom. The van der Waals surface area contributed by atoms with Gasteiger partial charge in [0.05, 0.1) is 12.0 Å². The van der Waals surface area contributed by atoms with E-state index in [0.29, 0.717) is 6.04 Å². The maximum absolute atomic E-state index is 9.38. The van der Waals surface area contributed by atoms with Gasteiger partial charge in [-0.25, -0.2) is 0 Å². The van der Waals surface area contributed by atoms with Crippen molar-refractivity contribution < 1.29 is 0 Å². The lowest BCUT2D eigenvalue weighted by molar-refractivity contribution is 0.0908. The number of nitrogens with zero attached hydrogens (tertiary/aromatic N) is 2. The molecule has 1 aliphatic carbocycles. The van der Waals surface area contributed by atoms with Gasteiger partial charge in [0.25, 0.3) is 0 Å². The van der Waals surface area contributed by atoms with Crippen LogP contribution in [0.2, 0.25) is 0 Å². The van der Waals surface area contributed by atoms with Crippen LogP contribution in [0.4, 0.5) is 0 Å². The summed E-state index contributed by atoms with van der Waals surface area (Å²) in [6.45, 7) is 11.4. The maximum atomic E-state index is 9.38. The van der Waals surface area contributed by atoms with E-state index in [2.05, 4.69) is 38.7 Å². The zero-order valence-corrected chi connectivity index (χ0v) is 12.7. The zero-order valence-electron chi connectivity index (χ0n) is 12.7. The predicted octanol–water partition coefficient (Wildman–Crippen LogP) is 4.07. The van der Waals surface area contributed by atoms with Gasteiger partial charge >= 0.3 is 0 Å². The van der Waals surface area contributed by atoms with Gasteiger partial charge in [-0.15, -0.1) is 0 Å². The van der Waals surface area contributed by atoms with Crippen molar-refractivity contribution in [2.24, 2.45) is 17.8 Å². The quantitative estimate of drug-likeness (QED) is 0.710. The lowest BCUT2D eigenvalue weighted by Crippen LogP contribution is -2.45. The van der Waals surface area contributed by atoms with E-state index in [9.17, 15) is 5.26 Å². The van der Waals surface area contributed by atoms with Crippen LogP contribution in [0.5, 0.6) is 0 Å². The van der Waals surface area contributed by atoms with Gasteiger partial charge in [0.15, 0.2) is 0 Å². The van der Waals surface area contributed by atoms with E-state index < -0.39 is 0 Å². The van der Waals surface area contributed by atoms with Crippen LogP contribution in [0.15, 0.2) is 0 Å². The van der Waals surface area contributed by atoms with Crippen LogP contribution in [0.3, 0.4) is 0 Å². The van der Waals surface area contributed by atoms with E-state index in [-0.39, 0.29) is 5.92 Å². The molecule has 2 nitrogen and oxygen atoms in total. The van der Waals surface area contributed by atoms with Gasteiger partial charge in [0.1, 0.15) is 0 Å². The first kappa shape index (κ1) is 15.5. The average Bonchev–Trinajstić information content (AvgIpc) is 2.43. The molecule has 1 saturated carbocycles. The van der Waals surface area contributed by atoms with Crippen LogP contribution >= 0.6 is 0 Å². The Morgan fingerprint density at radius 1 is 1.28 bits per heavy atom. The summed E-state index contributed by atoms with van der Waals surface area (Å²) in [7, 11) is 0. The van der Waals surface area contributed by atoms with E-state index in [1.165, 1.54) is 25.7 Å². The third-order valence-corrected chi connectivity index (χ3v) is 4.79. The largest absolute Gasteiger partial charge is 0.299 e. The molecule has 0 aromatic carbocycles. The number of hydrogen-bond acceptors (Lipinski definition) is 2. The normalized spacial score (nSPS) is 30.1. The summed E-state index contributed by atoms with van der Waals surface area (Å²) in [6, 6.07) is 3.07. The molecule has 4 unspecified atom stereocenters. The molecule has 1 fully saturated rings. The number of hydrogen-bond donors (Lipinski definition) is 0. The summed E-state index contributed by atoms with van der Waals surface area (Å²) >= 11 is 0. The van der Waals surface area contributed by atoms with Gasteiger partial charge in [-0.05, 0) is 37.6 Å². The zero-order chi connectivity index (χ0) is 13.5. The Bertz CT molecular complexity index is 269. The highest BCUT2D eigenvalue weighted by Crippen LogP contribution is 2.34. The third kappa shape index (κ3) is 3.99. The van der Waals surface area contributed by atoms with Gasteiger partial charge < -0.3 is 0 Å². The monoisotopic (exact) mass is 250 g/mol. The SMILES string of the molecule is CCC(C)CN(CC)C1CC(CC)CCC1C#N. The molecule has 18 heavy (non-hydrogen) atoms. The molecule has 0 bridgehead atoms. The summed E-state index contributed by atoms with van der Waals surface area (Å²) < 4.78 is 0. The van der Waals surface area contributed by atoms with Crippen molar-refractivity contribution in [2.45, 2.75) is 65.8 Å². The molecule has 0 heterocycles. The van der Waals surface area contributed by atoms with Gasteiger partial charge in [-0.2, -0.15) is 5.26 Å². The second-order valence-corrected chi connectivity index (χ2v) is 5.99. The molecular formula is C16H30N2. The molecule has 0 N–H and O–H groups in total. The topological polar surface area (TPSA) is 27.0 Å². The van der Waals surface area contributed by atoms with Crippen molar-refractivity contribution in [2.75, 3.05) is 13.1 Å². The van der Waals surface area contributed by atoms with Crippen molar-refractivity contribution in [1.29, 1.82) is 5.26 Å². The molecule has 0 radical (unpaired) electrons. The van der Waals surface area contributed by atoms with Crippen molar-refractivity contribution in [1.82, 2.24) is 4.90 Å². The summed E-state index contributed by atoms with van der Waals surface area (Å²) in [5.41, 5.74) is 0. The van der Waals surface area contributed by atoms with Crippen molar-refractivity contribution in [3.63, 3.8) is 0 Å². The van der Waals surface area contributed by atoms with Gasteiger partial charge in [0.2, 0.25) is 0 Å². The molecule has 0 saturated heterocycles. The molecular weight excluding hydrogens is 220 g/mol. The number of nitriles is 1. The standard InChI is InChI=1S/C16H30N2/c1-5-13(4)12-18(7-3)16-10-14(6-2)8-9-15(16)11-17/h13-16H,5-10,12H2,1-4H3. The molecule has 1 rings (SSSR count). The van der Waals surface area contributed by atoms with E-state index in [4.69, 9.17) is 0 Å². The molecule has 0 amide bonds. The van der Waals surface area contributed by atoms with Crippen LogP contribution in [0.1, 0.15) is 59.8 Å². The summed E-state index contributed by atoms with van der Waals surface area (Å²) in [5.74, 6) is 1.84. The van der Waals surface area contributed by atoms with Gasteiger partial charge in [0, 0.05) is 12.6 Å². The summed E-state index contributed by atoms with van der Waals surface area (Å²) in [5, 5.41) is 9.38. The predicted molar refractivity (Wildman–Crippen MR) is 77.2 cm³/mol. The minimum atomic E-state index is 0.261. The minimum Gasteiger partial charge on any atom is -0.299 e. The van der Waals surface area contributed by atoms with E-state index in [0.717, 1.165) is 31.3 Å². The van der Waals surface area contributed by atoms with Crippen LogP contribution in [-0.4, -0.2) is 24.0 Å². The summed E-state index contributed by atoms with van der Waals surface area (Å²) in [4.78, 5) is 2.57. The Balaban J connectivity index is 2.69. The molecule has 1 aliphatic rings. The molecule has 4 atom stereocenters. The third-order valence-electron chi connectivity index (χ3n) is 4.79. The molecule has 0 aromatic heterocycles. The van der Waals surface area contributed by atoms with Gasteiger partial charge in [-0.1, -0.05) is 40.5 Å². The molecule has 0 aromatic rings. The first-order valence-corrected chi connectivity index (χ1v) is 7.79. The van der Waals surface area contributed by atoms with E-state index >= 15 is 0 Å². The molecule has 0 spiro atoms. The highest BCUT2D eigenvalue weighted by Gasteiger charge is 2.33. The Kier molecular flexibility index (Phi) is 6.71. The lowest BCUT2D eigenvalue weighted by Gasteiger charge is -2.40. The molecule has 2 heteroatoms. The minimum absolute atomic E-state index is 0.261. The highest BCUT2D eigenvalue weighted by molar-refractivity contribution is 4.97. The summed E-state index contributed by atoms with van der Waals surface area (Å²) in [6.07, 6.45) is 6.11.